The molecule has 0 spiro atoms. The molecule has 0 atom stereocenters. The van der Waals surface area contributed by atoms with E-state index in [0.29, 0.717) is 30.9 Å². The monoisotopic (exact) mass is 511 g/mol. The number of likely N-dealkylation sites (tertiary alicyclic amines) is 1. The molecule has 11 heteroatoms. The van der Waals surface area contributed by atoms with E-state index in [1.54, 1.807) is 32.7 Å². The Labute approximate surface area is 215 Å². The van der Waals surface area contributed by atoms with Crippen molar-refractivity contribution in [3.05, 3.63) is 53.6 Å². The van der Waals surface area contributed by atoms with Crippen LogP contribution in [-0.4, -0.2) is 55.2 Å². The normalized spacial score (nSPS) is 15.3. The maximum atomic E-state index is 13.6. The van der Waals surface area contributed by atoms with Crippen LogP contribution in [0.5, 0.6) is 0 Å². The average Bonchev–Trinajstić information content (AvgIpc) is 3.37. The van der Waals surface area contributed by atoms with Crippen molar-refractivity contribution in [2.45, 2.75) is 64.6 Å². The van der Waals surface area contributed by atoms with Crippen molar-refractivity contribution in [1.29, 1.82) is 0 Å². The lowest BCUT2D eigenvalue weighted by Gasteiger charge is -2.30. The Kier molecular flexibility index (Phi) is 7.51. The zero-order chi connectivity index (χ0) is 26.7. The summed E-state index contributed by atoms with van der Waals surface area (Å²) in [7, 11) is 0. The lowest BCUT2D eigenvalue weighted by atomic mass is 10.0. The molecular weight excluding hydrogens is 477 g/mol. The maximum Gasteiger partial charge on any atom is 0.410 e. The molecule has 1 fully saturated rings. The number of rotatable bonds is 5. The Balaban J connectivity index is 1.52. The van der Waals surface area contributed by atoms with Gasteiger partial charge in [-0.3, -0.25) is 9.48 Å². The standard InChI is InChI=1S/C26H34FN7O3/c1-26(2,3)37-25(36)32-11-5-9-20(10-6-12-32)34-23(28)21(24(29)35)22(31-34)18-14-30-33(16-18)15-17-7-4-8-19(27)13-17/h4,7-8,13-14,16,20H,5-6,9-12,15,28H2,1-3H3,(H2,29,35). The highest BCUT2D eigenvalue weighted by Gasteiger charge is 2.28. The Morgan fingerprint density at radius 3 is 2.51 bits per heavy atom. The van der Waals surface area contributed by atoms with E-state index < -0.39 is 11.5 Å². The minimum atomic E-state index is -0.668. The number of ether oxygens (including phenoxy) is 1. The molecule has 0 aliphatic carbocycles. The van der Waals surface area contributed by atoms with Crippen LogP contribution in [0, 0.1) is 5.82 Å². The van der Waals surface area contributed by atoms with Gasteiger partial charge in [-0.05, 0) is 64.2 Å². The summed E-state index contributed by atoms with van der Waals surface area (Å²) < 4.78 is 22.4. The molecular formula is C26H34FN7O3. The molecule has 3 aromatic rings. The predicted octanol–water partition coefficient (Wildman–Crippen LogP) is 3.97. The van der Waals surface area contributed by atoms with Gasteiger partial charge in [-0.15, -0.1) is 0 Å². The molecule has 1 saturated heterocycles. The average molecular weight is 512 g/mol. The summed E-state index contributed by atoms with van der Waals surface area (Å²) in [6, 6.07) is 6.24. The first kappa shape index (κ1) is 26.2. The summed E-state index contributed by atoms with van der Waals surface area (Å²) in [5, 5.41) is 9.06. The van der Waals surface area contributed by atoms with E-state index in [-0.39, 0.29) is 29.3 Å². The summed E-state index contributed by atoms with van der Waals surface area (Å²) in [6.45, 7) is 7.04. The van der Waals surface area contributed by atoms with Gasteiger partial charge < -0.3 is 21.1 Å². The van der Waals surface area contributed by atoms with Gasteiger partial charge in [0.1, 0.15) is 28.5 Å². The molecule has 1 aliphatic heterocycles. The number of halogens is 1. The number of hydrogen-bond donors (Lipinski definition) is 2. The quantitative estimate of drug-likeness (QED) is 0.532. The van der Waals surface area contributed by atoms with Crippen LogP contribution >= 0.6 is 0 Å². The van der Waals surface area contributed by atoms with Crippen LogP contribution < -0.4 is 11.5 Å². The fraction of sp³-hybridized carbons (Fsp3) is 0.462. The van der Waals surface area contributed by atoms with Gasteiger partial charge >= 0.3 is 6.09 Å². The van der Waals surface area contributed by atoms with E-state index in [1.165, 1.54) is 12.1 Å². The van der Waals surface area contributed by atoms with Gasteiger partial charge in [0.05, 0.1) is 18.8 Å². The number of anilines is 1. The Morgan fingerprint density at radius 1 is 1.19 bits per heavy atom. The van der Waals surface area contributed by atoms with Crippen LogP contribution in [-0.2, 0) is 11.3 Å². The minimum Gasteiger partial charge on any atom is -0.444 e. The van der Waals surface area contributed by atoms with Gasteiger partial charge in [0, 0.05) is 24.8 Å². The molecule has 10 nitrogen and oxygen atoms in total. The third-order valence-electron chi connectivity index (χ3n) is 6.26. The first-order chi connectivity index (χ1) is 17.5. The number of nitrogens with zero attached hydrogens (tertiary/aromatic N) is 5. The molecule has 2 aromatic heterocycles. The molecule has 1 aliphatic rings. The number of primary amides is 1. The second-order valence-electron chi connectivity index (χ2n) is 10.4. The molecule has 37 heavy (non-hydrogen) atoms. The highest BCUT2D eigenvalue weighted by Crippen LogP contribution is 2.33. The Bertz CT molecular complexity index is 1270. The first-order valence-corrected chi connectivity index (χ1v) is 12.4. The summed E-state index contributed by atoms with van der Waals surface area (Å²) in [4.78, 5) is 26.6. The van der Waals surface area contributed by atoms with Crippen molar-refractivity contribution >= 4 is 17.8 Å². The van der Waals surface area contributed by atoms with Crippen LogP contribution in [0.1, 0.15) is 68.4 Å². The van der Waals surface area contributed by atoms with Crippen molar-refractivity contribution in [1.82, 2.24) is 24.5 Å². The van der Waals surface area contributed by atoms with Crippen LogP contribution in [0.3, 0.4) is 0 Å². The molecule has 4 rings (SSSR count). The summed E-state index contributed by atoms with van der Waals surface area (Å²) >= 11 is 0. The molecule has 4 N–H and O–H groups in total. The predicted molar refractivity (Wildman–Crippen MR) is 137 cm³/mol. The number of carbonyl (C=O) groups excluding carboxylic acids is 2. The van der Waals surface area contributed by atoms with E-state index in [0.717, 1.165) is 31.2 Å². The van der Waals surface area contributed by atoms with E-state index >= 15 is 0 Å². The third-order valence-corrected chi connectivity index (χ3v) is 6.26. The number of nitrogens with two attached hydrogens (primary N) is 2. The molecule has 1 aromatic carbocycles. The Morgan fingerprint density at radius 2 is 1.89 bits per heavy atom. The number of nitrogen functional groups attached to an aromatic ring is 1. The summed E-state index contributed by atoms with van der Waals surface area (Å²) in [5.41, 5.74) is 13.4. The van der Waals surface area contributed by atoms with Crippen LogP contribution in [0.2, 0.25) is 0 Å². The topological polar surface area (TPSA) is 134 Å². The third kappa shape index (κ3) is 6.28. The van der Waals surface area contributed by atoms with Gasteiger partial charge in [0.25, 0.3) is 5.91 Å². The van der Waals surface area contributed by atoms with Crippen molar-refractivity contribution in [2.24, 2.45) is 5.73 Å². The Hall–Kier alpha value is -3.89. The number of benzene rings is 1. The van der Waals surface area contributed by atoms with Gasteiger partial charge in [-0.2, -0.15) is 10.2 Å². The molecule has 3 heterocycles. The second-order valence-corrected chi connectivity index (χ2v) is 10.4. The fourth-order valence-electron chi connectivity index (χ4n) is 4.61. The zero-order valence-electron chi connectivity index (χ0n) is 21.5. The molecule has 0 radical (unpaired) electrons. The lowest BCUT2D eigenvalue weighted by molar-refractivity contribution is 0.0228. The fourth-order valence-corrected chi connectivity index (χ4v) is 4.61. The minimum absolute atomic E-state index is 0.0463. The van der Waals surface area contributed by atoms with Crippen LogP contribution in [0.4, 0.5) is 15.0 Å². The van der Waals surface area contributed by atoms with Gasteiger partial charge in [-0.25, -0.2) is 13.9 Å². The van der Waals surface area contributed by atoms with Crippen molar-refractivity contribution in [3.8, 4) is 11.3 Å². The van der Waals surface area contributed by atoms with Gasteiger partial charge in [0.2, 0.25) is 0 Å². The highest BCUT2D eigenvalue weighted by atomic mass is 19.1. The zero-order valence-corrected chi connectivity index (χ0v) is 21.5. The molecule has 198 valence electrons. The van der Waals surface area contributed by atoms with E-state index in [9.17, 15) is 14.0 Å². The highest BCUT2D eigenvalue weighted by molar-refractivity contribution is 6.03. The van der Waals surface area contributed by atoms with Crippen LogP contribution in [0.15, 0.2) is 36.7 Å². The van der Waals surface area contributed by atoms with E-state index in [4.69, 9.17) is 21.3 Å². The van der Waals surface area contributed by atoms with E-state index in [2.05, 4.69) is 5.10 Å². The van der Waals surface area contributed by atoms with Gasteiger partial charge in [-0.1, -0.05) is 12.1 Å². The molecule has 0 bridgehead atoms. The van der Waals surface area contributed by atoms with Crippen LogP contribution in [0.25, 0.3) is 11.3 Å². The lowest BCUT2D eigenvalue weighted by Crippen LogP contribution is -2.39. The number of hydrogen-bond acceptors (Lipinski definition) is 6. The molecule has 2 amide bonds. The summed E-state index contributed by atoms with van der Waals surface area (Å²) in [5.74, 6) is -0.769. The van der Waals surface area contributed by atoms with Crippen molar-refractivity contribution in [2.75, 3.05) is 18.8 Å². The number of aromatic nitrogens is 4. The first-order valence-electron chi connectivity index (χ1n) is 12.4. The maximum absolute atomic E-state index is 13.6. The van der Waals surface area contributed by atoms with Crippen molar-refractivity contribution < 1.29 is 18.7 Å². The SMILES string of the molecule is CC(C)(C)OC(=O)N1CCCC(n2nc(-c3cnn(Cc4cccc(F)c4)c3)c(C(N)=O)c2N)CCC1. The van der Waals surface area contributed by atoms with E-state index in [1.807, 2.05) is 26.8 Å². The van der Waals surface area contributed by atoms with Crippen molar-refractivity contribution in [3.63, 3.8) is 0 Å². The molecule has 0 saturated carbocycles. The summed E-state index contributed by atoms with van der Waals surface area (Å²) in [6.07, 6.45) is 5.93. The number of amides is 2. The smallest absolute Gasteiger partial charge is 0.410 e. The number of carbonyl (C=O) groups is 2. The largest absolute Gasteiger partial charge is 0.444 e. The van der Waals surface area contributed by atoms with Gasteiger partial charge in [0.15, 0.2) is 0 Å². The second kappa shape index (κ2) is 10.6. The molecule has 0 unspecified atom stereocenters.